The Balaban J connectivity index is 1.63. The van der Waals surface area contributed by atoms with Gasteiger partial charge in [-0.15, -0.1) is 0 Å². The Morgan fingerprint density at radius 1 is 1.29 bits per heavy atom. The molecule has 5 nitrogen and oxygen atoms in total. The summed E-state index contributed by atoms with van der Waals surface area (Å²) in [4.78, 5) is 25.3. The van der Waals surface area contributed by atoms with Gasteiger partial charge in [-0.25, -0.2) is 4.39 Å². The topological polar surface area (TPSA) is 63.1 Å². The van der Waals surface area contributed by atoms with Crippen LogP contribution >= 0.6 is 0 Å². The lowest BCUT2D eigenvalue weighted by Crippen LogP contribution is -2.37. The standard InChI is InChI=1S/C22H26FN3O2/c1-14-18(11-21(28)25-17-9-10-24-12-17)22-19(3-2-4-20(22)27)26(14)13-15-5-7-16(23)8-6-15/h5-8,17,24H,2-4,9-13H2,1H3,(H,25,28)/t17-/m0/s1. The van der Waals surface area contributed by atoms with Gasteiger partial charge in [0.1, 0.15) is 5.82 Å². The number of rotatable bonds is 5. The molecule has 1 fully saturated rings. The van der Waals surface area contributed by atoms with Crippen molar-refractivity contribution in [2.24, 2.45) is 0 Å². The van der Waals surface area contributed by atoms with Gasteiger partial charge in [0.2, 0.25) is 5.91 Å². The third kappa shape index (κ3) is 3.74. The number of halogens is 1. The fourth-order valence-electron chi connectivity index (χ4n) is 4.41. The Bertz CT molecular complexity index is 895. The van der Waals surface area contributed by atoms with Crippen molar-refractivity contribution in [3.8, 4) is 0 Å². The second-order valence-electron chi connectivity index (χ2n) is 7.81. The summed E-state index contributed by atoms with van der Waals surface area (Å²) in [7, 11) is 0. The molecule has 0 radical (unpaired) electrons. The summed E-state index contributed by atoms with van der Waals surface area (Å²) in [6.45, 7) is 4.28. The van der Waals surface area contributed by atoms with E-state index in [0.29, 0.717) is 13.0 Å². The van der Waals surface area contributed by atoms with Gasteiger partial charge in [0.05, 0.1) is 6.42 Å². The number of hydrogen-bond donors (Lipinski definition) is 2. The third-order valence-corrected chi connectivity index (χ3v) is 5.87. The number of ketones is 1. The maximum absolute atomic E-state index is 13.2. The molecule has 2 N–H and O–H groups in total. The van der Waals surface area contributed by atoms with Gasteiger partial charge < -0.3 is 15.2 Å². The fraction of sp³-hybridized carbons (Fsp3) is 0.455. The highest BCUT2D eigenvalue weighted by molar-refractivity contribution is 6.01. The first kappa shape index (κ1) is 18.9. The summed E-state index contributed by atoms with van der Waals surface area (Å²) in [5.41, 5.74) is 4.55. The van der Waals surface area contributed by atoms with Crippen molar-refractivity contribution >= 4 is 11.7 Å². The van der Waals surface area contributed by atoms with Gasteiger partial charge in [-0.05, 0) is 56.0 Å². The normalized spacial score (nSPS) is 18.9. The Hall–Kier alpha value is -2.47. The molecule has 1 aromatic carbocycles. The average Bonchev–Trinajstić information content (AvgIpc) is 3.26. The summed E-state index contributed by atoms with van der Waals surface area (Å²) in [6.07, 6.45) is 3.36. The molecule has 0 unspecified atom stereocenters. The minimum Gasteiger partial charge on any atom is -0.352 e. The van der Waals surface area contributed by atoms with Crippen LogP contribution in [0.25, 0.3) is 0 Å². The molecule has 2 aliphatic rings. The van der Waals surface area contributed by atoms with Crippen LogP contribution in [0.3, 0.4) is 0 Å². The lowest BCUT2D eigenvalue weighted by atomic mass is 9.92. The number of aromatic nitrogens is 1. The number of benzene rings is 1. The zero-order valence-electron chi connectivity index (χ0n) is 16.2. The SMILES string of the molecule is Cc1c(CC(=O)N[C@H]2CCNC2)c2c(n1Cc1ccc(F)cc1)CCCC2=O. The van der Waals surface area contributed by atoms with E-state index in [1.807, 2.05) is 6.92 Å². The van der Waals surface area contributed by atoms with Crippen LogP contribution in [0.1, 0.15) is 52.1 Å². The number of nitrogens with zero attached hydrogens (tertiary/aromatic N) is 1. The predicted octanol–water partition coefficient (Wildman–Crippen LogP) is 2.52. The third-order valence-electron chi connectivity index (χ3n) is 5.87. The number of Topliss-reactive ketones (excluding diaryl/α,β-unsaturated/α-hetero) is 1. The van der Waals surface area contributed by atoms with Crippen LogP contribution in [0.5, 0.6) is 0 Å². The zero-order chi connectivity index (χ0) is 19.7. The van der Waals surface area contributed by atoms with Crippen LogP contribution < -0.4 is 10.6 Å². The fourth-order valence-corrected chi connectivity index (χ4v) is 4.41. The molecule has 4 rings (SSSR count). The molecular formula is C22H26FN3O2. The Morgan fingerprint density at radius 3 is 2.79 bits per heavy atom. The summed E-state index contributed by atoms with van der Waals surface area (Å²) >= 11 is 0. The highest BCUT2D eigenvalue weighted by Crippen LogP contribution is 2.31. The van der Waals surface area contributed by atoms with E-state index in [9.17, 15) is 14.0 Å². The van der Waals surface area contributed by atoms with Crippen LogP contribution in [0.15, 0.2) is 24.3 Å². The minimum absolute atomic E-state index is 0.0306. The monoisotopic (exact) mass is 383 g/mol. The van der Waals surface area contributed by atoms with Crippen molar-refractivity contribution in [2.45, 2.75) is 51.6 Å². The summed E-state index contributed by atoms with van der Waals surface area (Å²) in [5.74, 6) is -0.159. The van der Waals surface area contributed by atoms with Gasteiger partial charge in [-0.2, -0.15) is 0 Å². The van der Waals surface area contributed by atoms with Gasteiger partial charge in [-0.3, -0.25) is 9.59 Å². The van der Waals surface area contributed by atoms with Crippen molar-refractivity contribution in [1.29, 1.82) is 0 Å². The van der Waals surface area contributed by atoms with Crippen LogP contribution in [-0.4, -0.2) is 35.4 Å². The minimum atomic E-state index is -0.260. The number of amides is 1. The number of carbonyl (C=O) groups is 2. The van der Waals surface area contributed by atoms with Gasteiger partial charge in [0, 0.05) is 42.5 Å². The number of nitrogens with one attached hydrogen (secondary N) is 2. The van der Waals surface area contributed by atoms with E-state index in [0.717, 1.165) is 60.4 Å². The first-order valence-electron chi connectivity index (χ1n) is 10.0. The Labute approximate surface area is 164 Å². The van der Waals surface area contributed by atoms with Crippen molar-refractivity contribution in [3.05, 3.63) is 58.2 Å². The molecular weight excluding hydrogens is 357 g/mol. The summed E-state index contributed by atoms with van der Waals surface area (Å²) in [5, 5.41) is 6.32. The lowest BCUT2D eigenvalue weighted by Gasteiger charge is -2.16. The predicted molar refractivity (Wildman–Crippen MR) is 105 cm³/mol. The van der Waals surface area contributed by atoms with E-state index in [1.165, 1.54) is 12.1 Å². The largest absolute Gasteiger partial charge is 0.352 e. The molecule has 148 valence electrons. The van der Waals surface area contributed by atoms with E-state index in [-0.39, 0.29) is 30.0 Å². The average molecular weight is 383 g/mol. The first-order chi connectivity index (χ1) is 13.5. The quantitative estimate of drug-likeness (QED) is 0.834. The zero-order valence-corrected chi connectivity index (χ0v) is 16.2. The second kappa shape index (κ2) is 7.87. The molecule has 6 heteroatoms. The molecule has 0 saturated carbocycles. The van der Waals surface area contributed by atoms with E-state index >= 15 is 0 Å². The first-order valence-corrected chi connectivity index (χ1v) is 10.0. The van der Waals surface area contributed by atoms with Crippen molar-refractivity contribution in [1.82, 2.24) is 15.2 Å². The van der Waals surface area contributed by atoms with Gasteiger partial charge in [-0.1, -0.05) is 12.1 Å². The molecule has 2 heterocycles. The molecule has 1 aliphatic carbocycles. The van der Waals surface area contributed by atoms with E-state index < -0.39 is 0 Å². The van der Waals surface area contributed by atoms with Crippen molar-refractivity contribution < 1.29 is 14.0 Å². The molecule has 28 heavy (non-hydrogen) atoms. The van der Waals surface area contributed by atoms with Crippen LogP contribution in [0.4, 0.5) is 4.39 Å². The lowest BCUT2D eigenvalue weighted by molar-refractivity contribution is -0.121. The summed E-state index contributed by atoms with van der Waals surface area (Å²) in [6, 6.07) is 6.61. The van der Waals surface area contributed by atoms with Crippen LogP contribution in [0.2, 0.25) is 0 Å². The smallest absolute Gasteiger partial charge is 0.224 e. The molecule has 0 bridgehead atoms. The molecule has 1 saturated heterocycles. The van der Waals surface area contributed by atoms with E-state index in [1.54, 1.807) is 12.1 Å². The molecule has 1 atom stereocenters. The molecule has 1 aromatic heterocycles. The Morgan fingerprint density at radius 2 is 2.07 bits per heavy atom. The van der Waals surface area contributed by atoms with Gasteiger partial charge in [0.15, 0.2) is 5.78 Å². The number of carbonyl (C=O) groups excluding carboxylic acids is 2. The Kier molecular flexibility index (Phi) is 5.31. The van der Waals surface area contributed by atoms with Crippen LogP contribution in [-0.2, 0) is 24.2 Å². The van der Waals surface area contributed by atoms with Crippen molar-refractivity contribution in [3.63, 3.8) is 0 Å². The molecule has 0 spiro atoms. The summed E-state index contributed by atoms with van der Waals surface area (Å²) < 4.78 is 15.4. The number of fused-ring (bicyclic) bond motifs is 1. The van der Waals surface area contributed by atoms with Gasteiger partial charge >= 0.3 is 0 Å². The second-order valence-corrected chi connectivity index (χ2v) is 7.81. The maximum Gasteiger partial charge on any atom is 0.224 e. The maximum atomic E-state index is 13.2. The molecule has 1 aliphatic heterocycles. The number of hydrogen-bond acceptors (Lipinski definition) is 3. The molecule has 2 aromatic rings. The molecule has 1 amide bonds. The van der Waals surface area contributed by atoms with Crippen LogP contribution in [0, 0.1) is 12.7 Å². The highest BCUT2D eigenvalue weighted by atomic mass is 19.1. The van der Waals surface area contributed by atoms with E-state index in [4.69, 9.17) is 0 Å². The van der Waals surface area contributed by atoms with Crippen molar-refractivity contribution in [2.75, 3.05) is 13.1 Å². The van der Waals surface area contributed by atoms with E-state index in [2.05, 4.69) is 15.2 Å². The highest BCUT2D eigenvalue weighted by Gasteiger charge is 2.29. The van der Waals surface area contributed by atoms with Gasteiger partial charge in [0.25, 0.3) is 0 Å².